The first-order valence-electron chi connectivity index (χ1n) is 9.16. The molecule has 0 unspecified atom stereocenters. The molecule has 6 nitrogen and oxygen atoms in total. The summed E-state index contributed by atoms with van der Waals surface area (Å²) in [5.74, 6) is -1.22. The van der Waals surface area contributed by atoms with Crippen LogP contribution in [0.4, 0.5) is 5.69 Å². The third-order valence-corrected chi connectivity index (χ3v) is 4.32. The number of ether oxygens (including phenoxy) is 1. The van der Waals surface area contributed by atoms with Gasteiger partial charge < -0.3 is 15.4 Å². The van der Waals surface area contributed by atoms with Crippen molar-refractivity contribution in [3.8, 4) is 0 Å². The Morgan fingerprint density at radius 1 is 1.00 bits per heavy atom. The number of benzene rings is 2. The summed E-state index contributed by atoms with van der Waals surface area (Å²) < 4.78 is 4.93. The third-order valence-electron chi connectivity index (χ3n) is 4.32. The highest BCUT2D eigenvalue weighted by atomic mass is 16.5. The van der Waals surface area contributed by atoms with Crippen molar-refractivity contribution in [2.45, 2.75) is 34.2 Å². The van der Waals surface area contributed by atoms with Gasteiger partial charge in [0.1, 0.15) is 5.41 Å². The van der Waals surface area contributed by atoms with Crippen molar-refractivity contribution in [3.63, 3.8) is 0 Å². The van der Waals surface area contributed by atoms with Crippen molar-refractivity contribution in [2.75, 3.05) is 11.9 Å². The second-order valence-corrected chi connectivity index (χ2v) is 7.05. The molecule has 0 aromatic heterocycles. The Bertz CT molecular complexity index is 857. The van der Waals surface area contributed by atoms with Crippen molar-refractivity contribution in [1.29, 1.82) is 0 Å². The predicted octanol–water partition coefficient (Wildman–Crippen LogP) is 3.45. The maximum atomic E-state index is 12.6. The molecule has 2 rings (SSSR count). The van der Waals surface area contributed by atoms with E-state index in [1.165, 1.54) is 0 Å². The van der Waals surface area contributed by atoms with Crippen LogP contribution in [0.1, 0.15) is 42.3 Å². The molecule has 2 N–H and O–H groups in total. The molecule has 6 heteroatoms. The highest BCUT2D eigenvalue weighted by Gasteiger charge is 2.36. The Kier molecular flexibility index (Phi) is 6.93. The average molecular weight is 382 g/mol. The molecule has 0 aliphatic carbocycles. The summed E-state index contributed by atoms with van der Waals surface area (Å²) in [5.41, 5.74) is 1.71. The number of rotatable bonds is 7. The van der Waals surface area contributed by atoms with Crippen LogP contribution in [0.5, 0.6) is 0 Å². The molecule has 0 aliphatic heterocycles. The zero-order valence-corrected chi connectivity index (χ0v) is 16.7. The van der Waals surface area contributed by atoms with Gasteiger partial charge >= 0.3 is 5.97 Å². The summed E-state index contributed by atoms with van der Waals surface area (Å²) in [5, 5.41) is 5.53. The van der Waals surface area contributed by atoms with E-state index in [9.17, 15) is 14.4 Å². The summed E-state index contributed by atoms with van der Waals surface area (Å²) in [4.78, 5) is 36.8. The molecule has 0 aliphatic rings. The van der Waals surface area contributed by atoms with Crippen LogP contribution in [-0.4, -0.2) is 24.4 Å². The fourth-order valence-electron chi connectivity index (χ4n) is 2.52. The molecule has 2 aromatic carbocycles. The molecule has 148 valence electrons. The number of aryl methyl sites for hydroxylation is 1. The second kappa shape index (κ2) is 9.17. The number of hydrogen-bond acceptors (Lipinski definition) is 4. The molecule has 28 heavy (non-hydrogen) atoms. The van der Waals surface area contributed by atoms with Gasteiger partial charge in [-0.05, 0) is 57.5 Å². The summed E-state index contributed by atoms with van der Waals surface area (Å²) in [6.07, 6.45) is 0. The largest absolute Gasteiger partial charge is 0.462 e. The number of carbonyl (C=O) groups is 3. The molecule has 2 amide bonds. The van der Waals surface area contributed by atoms with E-state index >= 15 is 0 Å². The number of nitrogens with one attached hydrogen (secondary N) is 2. The zero-order chi connectivity index (χ0) is 20.7. The topological polar surface area (TPSA) is 84.5 Å². The Morgan fingerprint density at radius 3 is 2.29 bits per heavy atom. The standard InChI is InChI=1S/C22H26N2O4/c1-5-28-19(25)17-9-11-18(12-10-17)24-21(27)22(3,4)20(26)23-14-16-8-6-7-15(2)13-16/h6-13H,5,14H2,1-4H3,(H,23,26)(H,24,27). The van der Waals surface area contributed by atoms with E-state index in [0.717, 1.165) is 11.1 Å². The van der Waals surface area contributed by atoms with Gasteiger partial charge in [0.15, 0.2) is 0 Å². The van der Waals surface area contributed by atoms with Gasteiger partial charge in [-0.15, -0.1) is 0 Å². The summed E-state index contributed by atoms with van der Waals surface area (Å²) in [7, 11) is 0. The van der Waals surface area contributed by atoms with E-state index in [1.807, 2.05) is 31.2 Å². The summed E-state index contributed by atoms with van der Waals surface area (Å²) >= 11 is 0. The van der Waals surface area contributed by atoms with Gasteiger partial charge in [-0.2, -0.15) is 0 Å². The minimum Gasteiger partial charge on any atom is -0.462 e. The van der Waals surface area contributed by atoms with Crippen LogP contribution >= 0.6 is 0 Å². The van der Waals surface area contributed by atoms with E-state index in [2.05, 4.69) is 10.6 Å². The molecule has 0 saturated carbocycles. The predicted molar refractivity (Wildman–Crippen MR) is 108 cm³/mol. The van der Waals surface area contributed by atoms with Gasteiger partial charge in [0.25, 0.3) is 0 Å². The van der Waals surface area contributed by atoms with Crippen LogP contribution in [0.2, 0.25) is 0 Å². The lowest BCUT2D eigenvalue weighted by Crippen LogP contribution is -2.44. The van der Waals surface area contributed by atoms with Gasteiger partial charge in [0.05, 0.1) is 12.2 Å². The van der Waals surface area contributed by atoms with Gasteiger partial charge in [0.2, 0.25) is 11.8 Å². The van der Waals surface area contributed by atoms with Crippen molar-refractivity contribution in [3.05, 3.63) is 65.2 Å². The quantitative estimate of drug-likeness (QED) is 0.567. The maximum Gasteiger partial charge on any atom is 0.338 e. The van der Waals surface area contributed by atoms with Crippen molar-refractivity contribution in [1.82, 2.24) is 5.32 Å². The van der Waals surface area contributed by atoms with Crippen LogP contribution in [0.3, 0.4) is 0 Å². The number of amides is 2. The lowest BCUT2D eigenvalue weighted by Gasteiger charge is -2.23. The third kappa shape index (κ3) is 5.42. The van der Waals surface area contributed by atoms with E-state index < -0.39 is 17.3 Å². The van der Waals surface area contributed by atoms with E-state index in [4.69, 9.17) is 4.74 Å². The Labute approximate surface area is 165 Å². The second-order valence-electron chi connectivity index (χ2n) is 7.05. The van der Waals surface area contributed by atoms with Gasteiger partial charge in [-0.25, -0.2) is 4.79 Å². The van der Waals surface area contributed by atoms with E-state index in [0.29, 0.717) is 24.4 Å². The van der Waals surface area contributed by atoms with Crippen LogP contribution in [0, 0.1) is 12.3 Å². The maximum absolute atomic E-state index is 12.6. The first-order valence-corrected chi connectivity index (χ1v) is 9.16. The van der Waals surface area contributed by atoms with Gasteiger partial charge in [-0.1, -0.05) is 29.8 Å². The van der Waals surface area contributed by atoms with Crippen LogP contribution in [0.25, 0.3) is 0 Å². The molecule has 0 fully saturated rings. The molecule has 2 aromatic rings. The fraction of sp³-hybridized carbons (Fsp3) is 0.318. The van der Waals surface area contributed by atoms with Crippen molar-refractivity contribution < 1.29 is 19.1 Å². The molecule has 0 atom stereocenters. The SMILES string of the molecule is CCOC(=O)c1ccc(NC(=O)C(C)(C)C(=O)NCc2cccc(C)c2)cc1. The van der Waals surface area contributed by atoms with Crippen LogP contribution < -0.4 is 10.6 Å². The fourth-order valence-corrected chi connectivity index (χ4v) is 2.52. The van der Waals surface area contributed by atoms with Crippen LogP contribution in [-0.2, 0) is 20.9 Å². The van der Waals surface area contributed by atoms with Crippen LogP contribution in [0.15, 0.2) is 48.5 Å². The van der Waals surface area contributed by atoms with E-state index in [-0.39, 0.29) is 5.91 Å². The lowest BCUT2D eigenvalue weighted by molar-refractivity contribution is -0.138. The lowest BCUT2D eigenvalue weighted by atomic mass is 9.90. The van der Waals surface area contributed by atoms with Crippen molar-refractivity contribution >= 4 is 23.5 Å². The molecular weight excluding hydrogens is 356 g/mol. The zero-order valence-electron chi connectivity index (χ0n) is 16.7. The molecule has 0 saturated heterocycles. The molecule has 0 heterocycles. The molecule has 0 bridgehead atoms. The van der Waals surface area contributed by atoms with Gasteiger partial charge in [-0.3, -0.25) is 9.59 Å². The minimum atomic E-state index is -1.26. The normalized spacial score (nSPS) is 10.9. The first kappa shape index (κ1) is 21.2. The number of anilines is 1. The smallest absolute Gasteiger partial charge is 0.338 e. The Morgan fingerprint density at radius 2 is 1.68 bits per heavy atom. The van der Waals surface area contributed by atoms with Crippen molar-refractivity contribution in [2.24, 2.45) is 5.41 Å². The summed E-state index contributed by atoms with van der Waals surface area (Å²) in [6.45, 7) is 7.50. The number of hydrogen-bond donors (Lipinski definition) is 2. The summed E-state index contributed by atoms with van der Waals surface area (Å²) in [6, 6.07) is 14.2. The highest BCUT2D eigenvalue weighted by Crippen LogP contribution is 2.20. The number of carbonyl (C=O) groups excluding carboxylic acids is 3. The minimum absolute atomic E-state index is 0.295. The Hall–Kier alpha value is -3.15. The molecule has 0 radical (unpaired) electrons. The number of esters is 1. The van der Waals surface area contributed by atoms with E-state index in [1.54, 1.807) is 45.0 Å². The highest BCUT2D eigenvalue weighted by molar-refractivity contribution is 6.09. The first-order chi connectivity index (χ1) is 13.2. The van der Waals surface area contributed by atoms with Gasteiger partial charge in [0, 0.05) is 12.2 Å². The Balaban J connectivity index is 1.97. The monoisotopic (exact) mass is 382 g/mol. The molecule has 0 spiro atoms. The average Bonchev–Trinajstić information content (AvgIpc) is 2.66. The molecular formula is C22H26N2O4.